The van der Waals surface area contributed by atoms with Crippen LogP contribution >= 0.6 is 0 Å². The number of aromatic nitrogens is 2. The Hall–Kier alpha value is -5.74. The van der Waals surface area contributed by atoms with E-state index in [2.05, 4.69) is 110 Å². The van der Waals surface area contributed by atoms with Crippen LogP contribution in [0.4, 0.5) is 17.1 Å². The Labute approximate surface area is 268 Å². The van der Waals surface area contributed by atoms with Crippen molar-refractivity contribution in [3.63, 3.8) is 0 Å². The molecule has 2 aliphatic rings. The number of hydrogen-bond donors (Lipinski definition) is 0. The van der Waals surface area contributed by atoms with Crippen LogP contribution in [0.15, 0.2) is 128 Å². The van der Waals surface area contributed by atoms with Gasteiger partial charge in [0.2, 0.25) is 0 Å². The molecule has 46 heavy (non-hydrogen) atoms. The minimum absolute atomic E-state index is 0.747. The number of aryl methyl sites for hydroxylation is 2. The molecular formula is C42H31N3O. The highest BCUT2D eigenvalue weighted by molar-refractivity contribution is 5.89. The molecule has 9 rings (SSSR count). The van der Waals surface area contributed by atoms with Crippen LogP contribution in [-0.2, 0) is 12.8 Å². The summed E-state index contributed by atoms with van der Waals surface area (Å²) in [5.74, 6) is 2.49. The zero-order valence-electron chi connectivity index (χ0n) is 25.8. The summed E-state index contributed by atoms with van der Waals surface area (Å²) in [6.07, 6.45) is 5.70. The van der Waals surface area contributed by atoms with E-state index in [4.69, 9.17) is 14.7 Å². The third-order valence-corrected chi connectivity index (χ3v) is 9.27. The summed E-state index contributed by atoms with van der Waals surface area (Å²) in [6.45, 7) is 4.25. The highest BCUT2D eigenvalue weighted by Crippen LogP contribution is 2.50. The lowest BCUT2D eigenvalue weighted by atomic mass is 9.84. The van der Waals surface area contributed by atoms with E-state index in [-0.39, 0.29) is 0 Å². The van der Waals surface area contributed by atoms with E-state index in [9.17, 15) is 0 Å². The minimum Gasteiger partial charge on any atom is -0.453 e. The number of nitrogens with zero attached hydrogens (tertiary/aromatic N) is 3. The van der Waals surface area contributed by atoms with E-state index in [0.717, 1.165) is 63.9 Å². The normalized spacial score (nSPS) is 13.0. The lowest BCUT2D eigenvalue weighted by Gasteiger charge is -2.33. The number of ether oxygens (including phenoxy) is 1. The van der Waals surface area contributed by atoms with E-state index in [0.29, 0.717) is 0 Å². The first-order chi connectivity index (χ1) is 22.6. The average molecular weight is 594 g/mol. The molecule has 0 saturated carbocycles. The fourth-order valence-electron chi connectivity index (χ4n) is 7.11. The molecule has 0 bridgehead atoms. The van der Waals surface area contributed by atoms with Gasteiger partial charge in [-0.3, -0.25) is 0 Å². The fourth-order valence-corrected chi connectivity index (χ4v) is 7.11. The Balaban J connectivity index is 1.03. The lowest BCUT2D eigenvalue weighted by Crippen LogP contribution is -2.16. The first-order valence-electron chi connectivity index (χ1n) is 15.8. The molecule has 1 aromatic heterocycles. The predicted octanol–water partition coefficient (Wildman–Crippen LogP) is 10.7. The van der Waals surface area contributed by atoms with Gasteiger partial charge in [-0.05, 0) is 108 Å². The van der Waals surface area contributed by atoms with Gasteiger partial charge in [0.15, 0.2) is 17.3 Å². The largest absolute Gasteiger partial charge is 0.453 e. The monoisotopic (exact) mass is 593 g/mol. The van der Waals surface area contributed by atoms with Gasteiger partial charge in [0, 0.05) is 29.2 Å². The highest BCUT2D eigenvalue weighted by Gasteiger charge is 2.26. The first-order valence-corrected chi connectivity index (χ1v) is 15.8. The molecule has 0 atom stereocenters. The molecule has 2 heterocycles. The number of para-hydroxylation sites is 4. The van der Waals surface area contributed by atoms with Crippen LogP contribution in [0.1, 0.15) is 33.4 Å². The summed E-state index contributed by atoms with van der Waals surface area (Å²) in [5.41, 5.74) is 14.5. The Kier molecular flexibility index (Phi) is 6.04. The van der Waals surface area contributed by atoms with Crippen molar-refractivity contribution in [1.29, 1.82) is 0 Å². The second-order valence-electron chi connectivity index (χ2n) is 12.5. The second kappa shape index (κ2) is 10.4. The molecule has 0 saturated heterocycles. The van der Waals surface area contributed by atoms with Gasteiger partial charge >= 0.3 is 0 Å². The SMILES string of the molecule is Cc1cc(C)cc(-c2cnc(-c3ccc4cc5c(cc4c3)Cc3ccc(N4c6ccccc6Oc6ccccc64)cc3C5)nc2)c1. The van der Waals surface area contributed by atoms with Crippen molar-refractivity contribution >= 4 is 27.8 Å². The molecule has 6 aromatic carbocycles. The molecule has 1 aliphatic heterocycles. The lowest BCUT2D eigenvalue weighted by molar-refractivity contribution is 0.477. The van der Waals surface area contributed by atoms with E-state index >= 15 is 0 Å². The summed E-state index contributed by atoms with van der Waals surface area (Å²) in [4.78, 5) is 11.8. The number of benzene rings is 6. The van der Waals surface area contributed by atoms with Gasteiger partial charge in [0.05, 0.1) is 11.4 Å². The highest BCUT2D eigenvalue weighted by atomic mass is 16.5. The zero-order valence-corrected chi connectivity index (χ0v) is 25.8. The third-order valence-electron chi connectivity index (χ3n) is 9.27. The minimum atomic E-state index is 0.747. The molecule has 0 unspecified atom stereocenters. The maximum atomic E-state index is 6.25. The summed E-state index contributed by atoms with van der Waals surface area (Å²) in [7, 11) is 0. The van der Waals surface area contributed by atoms with Crippen LogP contribution in [0.3, 0.4) is 0 Å². The Morgan fingerprint density at radius 3 is 1.87 bits per heavy atom. The molecule has 0 fully saturated rings. The van der Waals surface area contributed by atoms with Crippen LogP contribution in [0.25, 0.3) is 33.3 Å². The van der Waals surface area contributed by atoms with Crippen molar-refractivity contribution in [3.8, 4) is 34.0 Å². The maximum absolute atomic E-state index is 6.25. The van der Waals surface area contributed by atoms with Crippen LogP contribution in [0.2, 0.25) is 0 Å². The van der Waals surface area contributed by atoms with E-state index < -0.39 is 0 Å². The van der Waals surface area contributed by atoms with Gasteiger partial charge in [-0.15, -0.1) is 0 Å². The quantitative estimate of drug-likeness (QED) is 0.204. The molecule has 4 heteroatoms. The van der Waals surface area contributed by atoms with Crippen LogP contribution in [0.5, 0.6) is 11.5 Å². The van der Waals surface area contributed by atoms with Crippen molar-refractivity contribution in [2.75, 3.05) is 4.90 Å². The Morgan fingerprint density at radius 2 is 1.15 bits per heavy atom. The topological polar surface area (TPSA) is 38.2 Å². The van der Waals surface area contributed by atoms with Gasteiger partial charge in [-0.1, -0.05) is 83.9 Å². The standard InChI is InChI=1S/C42H31N3O/c1-26-15-27(2)17-31(16-26)36-24-43-42(44-25-36)30-12-11-28-18-34-22-35-23-37(14-13-29(35)19-33(34)21-32(28)20-30)45-38-7-3-5-9-40(38)46-41-10-6-4-8-39(41)45/h3-18,20-21,23-25H,19,22H2,1-2H3. The molecule has 4 nitrogen and oxygen atoms in total. The number of fused-ring (bicyclic) bond motifs is 5. The van der Waals surface area contributed by atoms with Crippen molar-refractivity contribution in [2.45, 2.75) is 26.7 Å². The van der Waals surface area contributed by atoms with E-state index in [1.165, 1.54) is 44.2 Å². The van der Waals surface area contributed by atoms with Gasteiger partial charge in [0.1, 0.15) is 0 Å². The Morgan fingerprint density at radius 1 is 0.522 bits per heavy atom. The van der Waals surface area contributed by atoms with Crippen molar-refractivity contribution < 1.29 is 4.74 Å². The van der Waals surface area contributed by atoms with Gasteiger partial charge in [-0.2, -0.15) is 0 Å². The van der Waals surface area contributed by atoms with Gasteiger partial charge in [-0.25, -0.2) is 9.97 Å². The molecule has 0 N–H and O–H groups in total. The third kappa shape index (κ3) is 4.53. The summed E-state index contributed by atoms with van der Waals surface area (Å²) in [6, 6.07) is 41.3. The molecule has 220 valence electrons. The van der Waals surface area contributed by atoms with Crippen molar-refractivity contribution in [2.24, 2.45) is 0 Å². The van der Waals surface area contributed by atoms with Crippen LogP contribution < -0.4 is 9.64 Å². The molecular weight excluding hydrogens is 562 g/mol. The smallest absolute Gasteiger partial charge is 0.159 e. The zero-order chi connectivity index (χ0) is 30.8. The van der Waals surface area contributed by atoms with Gasteiger partial charge < -0.3 is 9.64 Å². The van der Waals surface area contributed by atoms with Crippen molar-refractivity contribution in [1.82, 2.24) is 9.97 Å². The van der Waals surface area contributed by atoms with Crippen LogP contribution in [-0.4, -0.2) is 9.97 Å². The summed E-state index contributed by atoms with van der Waals surface area (Å²) in [5, 5.41) is 2.46. The molecule has 0 radical (unpaired) electrons. The van der Waals surface area contributed by atoms with E-state index in [1.807, 2.05) is 36.7 Å². The molecule has 0 spiro atoms. The molecule has 0 amide bonds. The summed E-state index contributed by atoms with van der Waals surface area (Å²) >= 11 is 0. The van der Waals surface area contributed by atoms with Gasteiger partial charge in [0.25, 0.3) is 0 Å². The van der Waals surface area contributed by atoms with Crippen LogP contribution in [0, 0.1) is 13.8 Å². The first kappa shape index (κ1) is 26.6. The average Bonchev–Trinajstić information content (AvgIpc) is 3.08. The second-order valence-corrected chi connectivity index (χ2v) is 12.5. The maximum Gasteiger partial charge on any atom is 0.159 e. The number of rotatable bonds is 3. The van der Waals surface area contributed by atoms with E-state index in [1.54, 1.807) is 0 Å². The Bertz CT molecular complexity index is 2260. The summed E-state index contributed by atoms with van der Waals surface area (Å²) < 4.78 is 6.25. The number of anilines is 3. The molecule has 1 aliphatic carbocycles. The fraction of sp³-hybridized carbons (Fsp3) is 0.0952. The number of hydrogen-bond acceptors (Lipinski definition) is 4. The molecule has 7 aromatic rings. The predicted molar refractivity (Wildman–Crippen MR) is 187 cm³/mol. The van der Waals surface area contributed by atoms with Crippen molar-refractivity contribution in [3.05, 3.63) is 161 Å².